The Balaban J connectivity index is 0.000000196. The van der Waals surface area contributed by atoms with Gasteiger partial charge in [-0.15, -0.1) is 0 Å². The molecule has 14 aromatic carbocycles. The number of esters is 3. The predicted octanol–water partition coefficient (Wildman–Crippen LogP) is 19.2. The van der Waals surface area contributed by atoms with Crippen LogP contribution in [0.5, 0.6) is 57.5 Å². The van der Waals surface area contributed by atoms with E-state index in [1.807, 2.05) is 158 Å². The van der Waals surface area contributed by atoms with Crippen molar-refractivity contribution in [3.63, 3.8) is 0 Å². The number of hydrogen-bond acceptors (Lipinski definition) is 21. The number of aromatic hydroxyl groups is 2. The van der Waals surface area contributed by atoms with Gasteiger partial charge < -0.3 is 91.8 Å². The summed E-state index contributed by atoms with van der Waals surface area (Å²) in [6.07, 6.45) is 3.57. The van der Waals surface area contributed by atoms with Crippen molar-refractivity contribution in [2.24, 2.45) is 17.2 Å². The van der Waals surface area contributed by atoms with Gasteiger partial charge in [-0.2, -0.15) is 0 Å². The van der Waals surface area contributed by atoms with E-state index in [4.69, 9.17) is 66.4 Å². The molecule has 0 radical (unpaired) electrons. The molecule has 0 saturated carbocycles. The van der Waals surface area contributed by atoms with Gasteiger partial charge in [-0.3, -0.25) is 14.4 Å². The zero-order valence-corrected chi connectivity index (χ0v) is 72.5. The Morgan fingerprint density at radius 2 is 0.477 bits per heavy atom. The van der Waals surface area contributed by atoms with Crippen LogP contribution in [0.3, 0.4) is 0 Å². The molecule has 0 spiro atoms. The van der Waals surface area contributed by atoms with Crippen molar-refractivity contribution in [2.75, 3.05) is 49.1 Å². The third-order valence-electron chi connectivity index (χ3n) is 20.0. The molecule has 0 aliphatic heterocycles. The first-order valence-electron chi connectivity index (χ1n) is 41.3. The highest BCUT2D eigenvalue weighted by Crippen LogP contribution is 2.31. The fraction of sp³-hybridized carbons (Fsp3) is 0.168. The molecule has 0 fully saturated rings. The summed E-state index contributed by atoms with van der Waals surface area (Å²) in [5.74, 6) is 3.01. The number of carbonyl (C=O) groups is 5. The molecule has 0 aliphatic rings. The highest BCUT2D eigenvalue weighted by Gasteiger charge is 2.22. The van der Waals surface area contributed by atoms with E-state index in [2.05, 4.69) is 135 Å². The first-order valence-corrected chi connectivity index (χ1v) is 41.3. The molecule has 0 aromatic heterocycles. The van der Waals surface area contributed by atoms with E-state index in [1.54, 1.807) is 93.9 Å². The van der Waals surface area contributed by atoms with Crippen molar-refractivity contribution in [3.05, 3.63) is 442 Å². The van der Waals surface area contributed by atoms with Crippen LogP contribution in [-0.4, -0.2) is 104 Å². The molecule has 23 heteroatoms. The van der Waals surface area contributed by atoms with Crippen LogP contribution in [0.1, 0.15) is 122 Å². The molecule has 14 N–H and O–H groups in total. The van der Waals surface area contributed by atoms with E-state index in [0.717, 1.165) is 71.1 Å². The maximum atomic E-state index is 11.8. The minimum absolute atomic E-state index is 0. The van der Waals surface area contributed by atoms with E-state index < -0.39 is 48.1 Å². The average Bonchev–Trinajstić information content (AvgIpc) is 0.876. The van der Waals surface area contributed by atoms with Crippen molar-refractivity contribution in [2.45, 2.75) is 69.4 Å². The first kappa shape index (κ1) is 100. The molecule has 672 valence electrons. The number of likely N-dealkylation sites (N-methyl/N-ethyl adjacent to an activating group) is 3. The van der Waals surface area contributed by atoms with E-state index in [0.29, 0.717) is 33.9 Å². The van der Waals surface area contributed by atoms with Gasteiger partial charge in [-0.1, -0.05) is 250 Å². The fourth-order valence-electron chi connectivity index (χ4n) is 12.9. The number of phenolic OH excluding ortho intramolecular Hbond substituents is 2. The lowest BCUT2D eigenvalue weighted by atomic mass is 10.1. The van der Waals surface area contributed by atoms with Gasteiger partial charge in [0.1, 0.15) is 87.7 Å². The lowest BCUT2D eigenvalue weighted by Gasteiger charge is -2.14. The maximum Gasteiger partial charge on any atom is 0.327 e. The molecule has 0 unspecified atom stereocenters. The molecule has 14 rings (SSSR count). The molecule has 0 amide bonds. The van der Waals surface area contributed by atoms with Crippen LogP contribution >= 0.6 is 0 Å². The second-order valence-electron chi connectivity index (χ2n) is 29.2. The zero-order valence-electron chi connectivity index (χ0n) is 72.5. The Bertz CT molecular complexity index is 5660. The smallest absolute Gasteiger partial charge is 0.327 e. The molecule has 130 heavy (non-hydrogen) atoms. The molecule has 0 aliphatic carbocycles. The number of phenols is 2. The van der Waals surface area contributed by atoms with E-state index in [9.17, 15) is 24.0 Å². The number of rotatable bonds is 31. The van der Waals surface area contributed by atoms with Crippen LogP contribution in [0.2, 0.25) is 0 Å². The Labute approximate surface area is 759 Å². The van der Waals surface area contributed by atoms with Gasteiger partial charge in [0.15, 0.2) is 0 Å². The number of aliphatic carboxylic acids is 2. The molecule has 0 heterocycles. The Kier molecular flexibility index (Phi) is 41.2. The molecule has 6 atom stereocenters. The number of aliphatic hydroxyl groups is 1. The lowest BCUT2D eigenvalue weighted by molar-refractivity contribution is -0.144. The molecule has 0 bridgehead atoms. The Morgan fingerprint density at radius 1 is 0.269 bits per heavy atom. The number of carbonyl (C=O) groups excluding carboxylic acids is 3. The van der Waals surface area contributed by atoms with Gasteiger partial charge in [-0.05, 0) is 246 Å². The minimum atomic E-state index is -1.05. The predicted molar refractivity (Wildman–Crippen MR) is 506 cm³/mol. The maximum absolute atomic E-state index is 11.8. The molecule has 0 saturated heterocycles. The van der Waals surface area contributed by atoms with Crippen molar-refractivity contribution >= 4 is 29.8 Å². The quantitative estimate of drug-likeness (QED) is 0.0142. The third-order valence-corrected chi connectivity index (χ3v) is 20.0. The summed E-state index contributed by atoms with van der Waals surface area (Å²) in [5, 5.41) is 53.8. The zero-order chi connectivity index (χ0) is 92.2. The van der Waals surface area contributed by atoms with Crippen molar-refractivity contribution in [1.82, 2.24) is 16.0 Å². The topological polar surface area (TPSA) is 365 Å². The molecular weight excluding hydrogens is 1640 g/mol. The van der Waals surface area contributed by atoms with E-state index >= 15 is 0 Å². The largest absolute Gasteiger partial charge is 0.508 e. The number of nitrogens with two attached hydrogens (primary N) is 3. The van der Waals surface area contributed by atoms with Crippen LogP contribution in [0.4, 0.5) is 0 Å². The van der Waals surface area contributed by atoms with Crippen molar-refractivity contribution in [1.29, 1.82) is 0 Å². The van der Waals surface area contributed by atoms with Gasteiger partial charge in [0.2, 0.25) is 0 Å². The highest BCUT2D eigenvalue weighted by molar-refractivity contribution is 5.79. The number of aliphatic hydroxyl groups excluding tert-OH is 1. The number of ether oxygens (including phenoxy) is 7. The average molecular weight is 1750 g/mol. The summed E-state index contributed by atoms with van der Waals surface area (Å²) in [4.78, 5) is 56.1. The number of carboxylic acid groups (broad SMARTS) is 2. The Hall–Kier alpha value is -15.1. The standard InChI is InChI=1S/C23H23NO3.C22H21NO3.C21H19NO3.C21H21NO2.C10H13NO3.C9H11NO3.CH4/c1-24-22(23(25)26-2)19-10-14-21(15-11-19)27-20-12-8-18(9-13-20)16-17-6-4-3-5-7-17;1-23-21(22(24)25)18-9-13-20(14-10-18)26-19-11-7-17(8-12-19)15-16-5-3-2-4-6-16;22-20(21(23)24)17-8-12-19(13-9-17)25-18-10-6-16(7-11-18)14-15-4-2-1-3-5-15;22-21(15-23)18-8-12-20(13-9-18)24-19-10-6-17(7-11-19)14-16-4-2-1-3-5-16;1-11-9(10(13)14-2)7-3-5-8(12)6-4-7;1-13-9(12)8(10)6-2-4-7(11)5-3-6;/h3-15,22,24H,16H2,1-2H3;2-14,21,23H,15H2,1H3,(H,24,25);1-13,20H,14,22H2,(H,23,24);1-13,21,23H,14-15,22H2;3-6,9,11-12H,1-2H3;2-5,8,11H,10H2,1H3;1H4/t22-;21-;20-;21-;9-;8-;/m111011./s1. The fourth-order valence-corrected chi connectivity index (χ4v) is 12.9. The Morgan fingerprint density at radius 3 is 0.708 bits per heavy atom. The number of carboxylic acids is 2. The molecule has 23 nitrogen and oxygen atoms in total. The lowest BCUT2D eigenvalue weighted by Crippen LogP contribution is -2.26. The summed E-state index contributed by atoms with van der Waals surface area (Å²) in [6, 6.07) is 111. The normalized spacial score (nSPS) is 11.7. The number of methoxy groups -OCH3 is 3. The highest BCUT2D eigenvalue weighted by atomic mass is 16.5. The first-order chi connectivity index (χ1) is 62.5. The molecule has 14 aromatic rings. The van der Waals surface area contributed by atoms with Gasteiger partial charge in [-0.25, -0.2) is 9.59 Å². The number of nitrogens with one attached hydrogen (secondary N) is 3. The monoisotopic (exact) mass is 1750 g/mol. The van der Waals surface area contributed by atoms with E-state index in [-0.39, 0.29) is 43.5 Å². The van der Waals surface area contributed by atoms with Crippen LogP contribution < -0.4 is 52.1 Å². The van der Waals surface area contributed by atoms with Crippen LogP contribution in [0.15, 0.2) is 364 Å². The number of benzene rings is 14. The van der Waals surface area contributed by atoms with E-state index in [1.165, 1.54) is 90.1 Å². The summed E-state index contributed by atoms with van der Waals surface area (Å²) >= 11 is 0. The minimum Gasteiger partial charge on any atom is -0.508 e. The summed E-state index contributed by atoms with van der Waals surface area (Å²) in [7, 11) is 9.03. The molecular formula is C107H112N6O17. The van der Waals surface area contributed by atoms with Gasteiger partial charge in [0, 0.05) is 0 Å². The summed E-state index contributed by atoms with van der Waals surface area (Å²) in [5.41, 5.74) is 31.3. The van der Waals surface area contributed by atoms with Gasteiger partial charge in [0.25, 0.3) is 0 Å². The SMILES string of the molecule is C.CN[C@@H](C(=O)O)c1ccc(Oc2ccc(Cc3ccccc3)cc2)cc1.CN[C@@H](C(=O)OC)c1ccc(O)cc1.CN[C@@H](C(=O)OC)c1ccc(Oc2ccc(Cc3ccccc3)cc2)cc1.COC(=O)[C@H](N)c1ccc(O)cc1.N[C@@H](C(=O)O)c1ccc(Oc2ccc(Cc3ccccc3)cc2)cc1.N[C@@H](CO)c1ccc(Oc2ccc(Cc3ccccc3)cc2)cc1. The third kappa shape index (κ3) is 33.1. The van der Waals surface area contributed by atoms with Crippen molar-refractivity contribution < 1.29 is 82.7 Å². The van der Waals surface area contributed by atoms with Gasteiger partial charge in [0.05, 0.1) is 34.0 Å². The van der Waals surface area contributed by atoms with Crippen molar-refractivity contribution in [3.8, 4) is 57.5 Å². The van der Waals surface area contributed by atoms with Crippen LogP contribution in [0, 0.1) is 0 Å². The summed E-state index contributed by atoms with van der Waals surface area (Å²) in [6.45, 7) is -0.0664. The van der Waals surface area contributed by atoms with Crippen LogP contribution in [-0.2, 0) is 63.9 Å². The second kappa shape index (κ2) is 53.4. The number of hydrogen-bond donors (Lipinski definition) is 11. The summed E-state index contributed by atoms with van der Waals surface area (Å²) < 4.78 is 37.3. The van der Waals surface area contributed by atoms with Gasteiger partial charge >= 0.3 is 29.8 Å². The van der Waals surface area contributed by atoms with Crippen LogP contribution in [0.25, 0.3) is 0 Å². The second-order valence-corrected chi connectivity index (χ2v) is 29.2.